The van der Waals surface area contributed by atoms with E-state index in [-0.39, 0.29) is 17.6 Å². The Kier molecular flexibility index (Phi) is 6.83. The second-order valence-corrected chi connectivity index (χ2v) is 6.08. The lowest BCUT2D eigenvalue weighted by Crippen LogP contribution is -2.38. The summed E-state index contributed by atoms with van der Waals surface area (Å²) in [5.74, 6) is 0.919. The molecule has 1 unspecified atom stereocenters. The van der Waals surface area contributed by atoms with Gasteiger partial charge in [-0.3, -0.25) is 0 Å². The van der Waals surface area contributed by atoms with Gasteiger partial charge in [0.2, 0.25) is 0 Å². The SMILES string of the molecule is CCNC(=NCc1ccc(OC)c(O)c1)NC(C)c1ccc(C)c(F)c1. The fourth-order valence-corrected chi connectivity index (χ4v) is 2.49. The van der Waals surface area contributed by atoms with Crippen LogP contribution in [0.5, 0.6) is 11.5 Å². The first kappa shape index (κ1) is 19.6. The van der Waals surface area contributed by atoms with Crippen molar-refractivity contribution in [1.82, 2.24) is 10.6 Å². The van der Waals surface area contributed by atoms with Crippen LogP contribution in [0.25, 0.3) is 0 Å². The van der Waals surface area contributed by atoms with Crippen molar-refractivity contribution in [3.8, 4) is 11.5 Å². The van der Waals surface area contributed by atoms with Crippen molar-refractivity contribution < 1.29 is 14.2 Å². The predicted molar refractivity (Wildman–Crippen MR) is 102 cm³/mol. The summed E-state index contributed by atoms with van der Waals surface area (Å²) in [6.45, 7) is 6.77. The number of phenols is 1. The molecule has 0 saturated heterocycles. The predicted octanol–water partition coefficient (Wildman–Crippen LogP) is 3.66. The maximum absolute atomic E-state index is 13.8. The van der Waals surface area contributed by atoms with Crippen LogP contribution in [0.4, 0.5) is 4.39 Å². The summed E-state index contributed by atoms with van der Waals surface area (Å²) in [7, 11) is 1.51. The molecule has 0 aliphatic heterocycles. The summed E-state index contributed by atoms with van der Waals surface area (Å²) in [5.41, 5.74) is 2.33. The first-order chi connectivity index (χ1) is 12.4. The van der Waals surface area contributed by atoms with E-state index in [1.807, 2.05) is 26.0 Å². The summed E-state index contributed by atoms with van der Waals surface area (Å²) >= 11 is 0. The molecular formula is C20H26FN3O2. The number of hydrogen-bond donors (Lipinski definition) is 3. The normalized spacial score (nSPS) is 12.6. The molecule has 0 aliphatic rings. The number of nitrogens with zero attached hydrogens (tertiary/aromatic N) is 1. The number of ether oxygens (including phenoxy) is 1. The van der Waals surface area contributed by atoms with Crippen LogP contribution in [0.3, 0.4) is 0 Å². The van der Waals surface area contributed by atoms with Crippen LogP contribution in [0.2, 0.25) is 0 Å². The molecule has 5 nitrogen and oxygen atoms in total. The number of rotatable bonds is 6. The Morgan fingerprint density at radius 2 is 2.04 bits per heavy atom. The highest BCUT2D eigenvalue weighted by Gasteiger charge is 2.10. The maximum Gasteiger partial charge on any atom is 0.192 e. The molecule has 26 heavy (non-hydrogen) atoms. The fraction of sp³-hybridized carbons (Fsp3) is 0.350. The maximum atomic E-state index is 13.8. The molecule has 0 fully saturated rings. The molecule has 0 aliphatic carbocycles. The smallest absolute Gasteiger partial charge is 0.192 e. The van der Waals surface area contributed by atoms with Crippen molar-refractivity contribution in [2.24, 2.45) is 4.99 Å². The lowest BCUT2D eigenvalue weighted by Gasteiger charge is -2.18. The van der Waals surface area contributed by atoms with Gasteiger partial charge in [-0.25, -0.2) is 9.38 Å². The van der Waals surface area contributed by atoms with E-state index in [0.717, 1.165) is 11.1 Å². The highest BCUT2D eigenvalue weighted by atomic mass is 19.1. The van der Waals surface area contributed by atoms with E-state index in [0.29, 0.717) is 30.4 Å². The van der Waals surface area contributed by atoms with Crippen molar-refractivity contribution in [3.05, 3.63) is 58.9 Å². The van der Waals surface area contributed by atoms with Crippen LogP contribution in [-0.4, -0.2) is 24.7 Å². The number of aliphatic imine (C=N–C) groups is 1. The Balaban J connectivity index is 2.10. The molecule has 0 saturated carbocycles. The molecule has 0 bridgehead atoms. The largest absolute Gasteiger partial charge is 0.504 e. The molecule has 3 N–H and O–H groups in total. The molecule has 0 spiro atoms. The van der Waals surface area contributed by atoms with Crippen molar-refractivity contribution >= 4 is 5.96 Å². The molecule has 140 valence electrons. The number of methoxy groups -OCH3 is 1. The van der Waals surface area contributed by atoms with Gasteiger partial charge in [0.15, 0.2) is 17.5 Å². The average molecular weight is 359 g/mol. The zero-order valence-electron chi connectivity index (χ0n) is 15.6. The van der Waals surface area contributed by atoms with Gasteiger partial charge in [0, 0.05) is 6.54 Å². The standard InChI is InChI=1S/C20H26FN3O2/c1-5-22-20(23-12-15-7-9-19(26-4)18(25)10-15)24-14(3)16-8-6-13(2)17(21)11-16/h6-11,14,25H,5,12H2,1-4H3,(H2,22,23,24). The zero-order valence-corrected chi connectivity index (χ0v) is 15.6. The minimum Gasteiger partial charge on any atom is -0.504 e. The van der Waals surface area contributed by atoms with Gasteiger partial charge in [-0.15, -0.1) is 0 Å². The molecule has 6 heteroatoms. The topological polar surface area (TPSA) is 65.9 Å². The second kappa shape index (κ2) is 9.08. The lowest BCUT2D eigenvalue weighted by molar-refractivity contribution is 0.373. The number of guanidine groups is 1. The van der Waals surface area contributed by atoms with E-state index in [9.17, 15) is 9.50 Å². The van der Waals surface area contributed by atoms with E-state index in [4.69, 9.17) is 4.74 Å². The van der Waals surface area contributed by atoms with Gasteiger partial charge in [-0.1, -0.05) is 18.2 Å². The van der Waals surface area contributed by atoms with Gasteiger partial charge in [-0.2, -0.15) is 0 Å². The Labute approximate surface area is 153 Å². The quantitative estimate of drug-likeness (QED) is 0.544. The molecular weight excluding hydrogens is 333 g/mol. The molecule has 0 heterocycles. The van der Waals surface area contributed by atoms with Gasteiger partial charge < -0.3 is 20.5 Å². The summed E-state index contributed by atoms with van der Waals surface area (Å²) in [4.78, 5) is 4.53. The molecule has 2 aromatic carbocycles. The highest BCUT2D eigenvalue weighted by molar-refractivity contribution is 5.80. The second-order valence-electron chi connectivity index (χ2n) is 6.08. The number of hydrogen-bond acceptors (Lipinski definition) is 3. The molecule has 2 rings (SSSR count). The average Bonchev–Trinajstić information content (AvgIpc) is 2.62. The number of phenolic OH excluding ortho intramolecular Hbond substituents is 1. The van der Waals surface area contributed by atoms with Crippen LogP contribution in [-0.2, 0) is 6.54 Å². The summed E-state index contributed by atoms with van der Waals surface area (Å²) in [6, 6.07) is 10.3. The van der Waals surface area contributed by atoms with E-state index in [2.05, 4.69) is 15.6 Å². The number of nitrogens with one attached hydrogen (secondary N) is 2. The first-order valence-corrected chi connectivity index (χ1v) is 8.61. The van der Waals surface area contributed by atoms with E-state index in [1.54, 1.807) is 25.1 Å². The van der Waals surface area contributed by atoms with E-state index < -0.39 is 0 Å². The third kappa shape index (κ3) is 5.12. The van der Waals surface area contributed by atoms with Gasteiger partial charge in [0.05, 0.1) is 19.7 Å². The third-order valence-electron chi connectivity index (χ3n) is 4.06. The van der Waals surface area contributed by atoms with Gasteiger partial charge in [0.25, 0.3) is 0 Å². The van der Waals surface area contributed by atoms with Gasteiger partial charge in [0.1, 0.15) is 5.82 Å². The van der Waals surface area contributed by atoms with Crippen molar-refractivity contribution in [1.29, 1.82) is 0 Å². The van der Waals surface area contributed by atoms with Crippen LogP contribution >= 0.6 is 0 Å². The van der Waals surface area contributed by atoms with Crippen LogP contribution < -0.4 is 15.4 Å². The van der Waals surface area contributed by atoms with E-state index in [1.165, 1.54) is 13.2 Å². The summed E-state index contributed by atoms with van der Waals surface area (Å²) < 4.78 is 18.8. The highest BCUT2D eigenvalue weighted by Crippen LogP contribution is 2.26. The Bertz CT molecular complexity index is 778. The Morgan fingerprint density at radius 1 is 1.27 bits per heavy atom. The number of aromatic hydroxyl groups is 1. The number of aryl methyl sites for hydroxylation is 1. The lowest BCUT2D eigenvalue weighted by atomic mass is 10.1. The van der Waals surface area contributed by atoms with E-state index >= 15 is 0 Å². The van der Waals surface area contributed by atoms with Gasteiger partial charge >= 0.3 is 0 Å². The van der Waals surface area contributed by atoms with Crippen molar-refractivity contribution in [3.63, 3.8) is 0 Å². The Morgan fingerprint density at radius 3 is 2.65 bits per heavy atom. The minimum absolute atomic E-state index is 0.0849. The molecule has 0 radical (unpaired) electrons. The third-order valence-corrected chi connectivity index (χ3v) is 4.06. The monoisotopic (exact) mass is 359 g/mol. The van der Waals surface area contributed by atoms with Crippen LogP contribution in [0.1, 0.15) is 36.6 Å². The number of halogens is 1. The molecule has 0 amide bonds. The van der Waals surface area contributed by atoms with Gasteiger partial charge in [-0.05, 0) is 55.7 Å². The summed E-state index contributed by atoms with van der Waals surface area (Å²) in [6.07, 6.45) is 0. The van der Waals surface area contributed by atoms with Crippen molar-refractivity contribution in [2.75, 3.05) is 13.7 Å². The fourth-order valence-electron chi connectivity index (χ4n) is 2.49. The number of benzene rings is 2. The van der Waals surface area contributed by atoms with Crippen molar-refractivity contribution in [2.45, 2.75) is 33.4 Å². The molecule has 0 aromatic heterocycles. The summed E-state index contributed by atoms with van der Waals surface area (Å²) in [5, 5.41) is 16.3. The molecule has 2 aromatic rings. The Hall–Kier alpha value is -2.76. The first-order valence-electron chi connectivity index (χ1n) is 8.61. The van der Waals surface area contributed by atoms with Crippen LogP contribution in [0.15, 0.2) is 41.4 Å². The van der Waals surface area contributed by atoms with Crippen LogP contribution in [0, 0.1) is 12.7 Å². The molecule has 1 atom stereocenters. The zero-order chi connectivity index (χ0) is 19.1. The minimum atomic E-state index is -0.216.